The Morgan fingerprint density at radius 2 is 0.806 bits per heavy atom. The lowest BCUT2D eigenvalue weighted by Crippen LogP contribution is -2.00. The van der Waals surface area contributed by atoms with E-state index >= 15 is 0 Å². The van der Waals surface area contributed by atoms with E-state index in [0.717, 1.165) is 60.7 Å². The monoisotopic (exact) mass is 809 g/mol. The van der Waals surface area contributed by atoms with Crippen LogP contribution in [0.4, 0.5) is 0 Å². The number of benzene rings is 9. The first-order valence-electron chi connectivity index (χ1n) is 20.8. The van der Waals surface area contributed by atoms with Gasteiger partial charge >= 0.3 is 0 Å². The largest absolute Gasteiger partial charge is 0.455 e. The highest BCUT2D eigenvalue weighted by Gasteiger charge is 2.21. The van der Waals surface area contributed by atoms with Gasteiger partial charge in [0.05, 0.1) is 0 Å². The van der Waals surface area contributed by atoms with Crippen LogP contribution < -0.4 is 0 Å². The van der Waals surface area contributed by atoms with Gasteiger partial charge in [-0.2, -0.15) is 0 Å². The molecular weight excluding hydrogens is 775 g/mol. The third-order valence-corrected chi connectivity index (χ3v) is 12.9. The molecule has 0 atom stereocenters. The van der Waals surface area contributed by atoms with E-state index in [-0.39, 0.29) is 0 Å². The van der Waals surface area contributed by atoms with Crippen LogP contribution in [0.2, 0.25) is 0 Å². The zero-order valence-corrected chi connectivity index (χ0v) is 34.2. The molecule has 12 aromatic rings. The number of rotatable bonds is 7. The minimum absolute atomic E-state index is 0.591. The summed E-state index contributed by atoms with van der Waals surface area (Å²) in [6.45, 7) is 0. The molecule has 9 aromatic carbocycles. The number of hydrogen-bond acceptors (Lipinski definition) is 5. The van der Waals surface area contributed by atoms with Gasteiger partial charge in [-0.05, 0) is 63.2 Å². The molecule has 0 amide bonds. The summed E-state index contributed by atoms with van der Waals surface area (Å²) in [7, 11) is 0. The summed E-state index contributed by atoms with van der Waals surface area (Å²) in [6, 6.07) is 74.5. The lowest BCUT2D eigenvalue weighted by molar-refractivity contribution is 0.670. The van der Waals surface area contributed by atoms with Gasteiger partial charge in [-0.15, -0.1) is 11.3 Å². The Kier molecular flexibility index (Phi) is 8.65. The molecule has 0 bridgehead atoms. The normalized spacial score (nSPS) is 11.5. The number of thiophene rings is 1. The van der Waals surface area contributed by atoms with Gasteiger partial charge in [0.1, 0.15) is 11.2 Å². The van der Waals surface area contributed by atoms with Crippen molar-refractivity contribution in [1.82, 2.24) is 15.0 Å². The Labute approximate surface area is 362 Å². The summed E-state index contributed by atoms with van der Waals surface area (Å²) < 4.78 is 9.15. The molecule has 12 rings (SSSR count). The molecule has 290 valence electrons. The molecule has 0 fully saturated rings. The van der Waals surface area contributed by atoms with Crippen LogP contribution in [-0.4, -0.2) is 15.0 Å². The number of para-hydroxylation sites is 1. The first kappa shape index (κ1) is 35.9. The van der Waals surface area contributed by atoms with Crippen LogP contribution in [0.15, 0.2) is 217 Å². The number of fused-ring (bicyclic) bond motifs is 6. The van der Waals surface area contributed by atoms with Crippen molar-refractivity contribution < 1.29 is 4.42 Å². The summed E-state index contributed by atoms with van der Waals surface area (Å²) in [4.78, 5) is 15.8. The van der Waals surface area contributed by atoms with Gasteiger partial charge in [-0.1, -0.05) is 188 Å². The topological polar surface area (TPSA) is 51.8 Å². The maximum Gasteiger partial charge on any atom is 0.164 e. The third kappa shape index (κ3) is 6.18. The Bertz CT molecular complexity index is 3610. The third-order valence-electron chi connectivity index (χ3n) is 11.8. The zero-order valence-electron chi connectivity index (χ0n) is 33.4. The quantitative estimate of drug-likeness (QED) is 0.161. The Hall–Kier alpha value is -7.99. The van der Waals surface area contributed by atoms with Gasteiger partial charge in [0.25, 0.3) is 0 Å². The van der Waals surface area contributed by atoms with E-state index in [9.17, 15) is 0 Å². The van der Waals surface area contributed by atoms with Gasteiger partial charge in [0, 0.05) is 53.2 Å². The van der Waals surface area contributed by atoms with Crippen molar-refractivity contribution in [1.29, 1.82) is 0 Å². The molecule has 3 aromatic heterocycles. The van der Waals surface area contributed by atoms with E-state index < -0.39 is 0 Å². The summed E-state index contributed by atoms with van der Waals surface area (Å²) in [5.41, 5.74) is 13.6. The average molecular weight is 810 g/mol. The van der Waals surface area contributed by atoms with Crippen molar-refractivity contribution in [3.05, 3.63) is 212 Å². The average Bonchev–Trinajstić information content (AvgIpc) is 3.93. The Balaban J connectivity index is 1.03. The first-order chi connectivity index (χ1) is 30.7. The highest BCUT2D eigenvalue weighted by atomic mass is 32.1. The van der Waals surface area contributed by atoms with Crippen molar-refractivity contribution in [3.8, 4) is 78.7 Å². The van der Waals surface area contributed by atoms with Gasteiger partial charge in [0.2, 0.25) is 0 Å². The molecule has 0 saturated carbocycles. The van der Waals surface area contributed by atoms with Crippen LogP contribution in [0.5, 0.6) is 0 Å². The molecule has 3 heterocycles. The van der Waals surface area contributed by atoms with Crippen molar-refractivity contribution in [2.45, 2.75) is 0 Å². The SMILES string of the molecule is c1ccc(-c2ccc(-c3cccc4c3oc3cccc(-c5nc(-c6ccccc6)nc(-c6cccc7sc8ccc(-c9ccccc9-c9ccccc9)cc8c67)n5)c34)cc2)cc1. The van der Waals surface area contributed by atoms with Crippen molar-refractivity contribution in [3.63, 3.8) is 0 Å². The first-order valence-corrected chi connectivity index (χ1v) is 21.6. The minimum atomic E-state index is 0.591. The van der Waals surface area contributed by atoms with Crippen LogP contribution in [0, 0.1) is 0 Å². The molecule has 5 heteroatoms. The number of furan rings is 1. The van der Waals surface area contributed by atoms with E-state index in [4.69, 9.17) is 19.4 Å². The van der Waals surface area contributed by atoms with Gasteiger partial charge < -0.3 is 4.42 Å². The smallest absolute Gasteiger partial charge is 0.164 e. The van der Waals surface area contributed by atoms with Crippen LogP contribution >= 0.6 is 11.3 Å². The fraction of sp³-hybridized carbons (Fsp3) is 0. The molecule has 62 heavy (non-hydrogen) atoms. The van der Waals surface area contributed by atoms with Gasteiger partial charge in [-0.25, -0.2) is 15.0 Å². The maximum absolute atomic E-state index is 6.75. The molecule has 0 unspecified atom stereocenters. The van der Waals surface area contributed by atoms with E-state index in [1.165, 1.54) is 42.6 Å². The summed E-state index contributed by atoms with van der Waals surface area (Å²) in [5.74, 6) is 1.83. The van der Waals surface area contributed by atoms with Crippen molar-refractivity contribution in [2.24, 2.45) is 0 Å². The van der Waals surface area contributed by atoms with E-state index in [2.05, 4.69) is 176 Å². The van der Waals surface area contributed by atoms with Crippen LogP contribution in [-0.2, 0) is 0 Å². The molecule has 0 radical (unpaired) electrons. The molecule has 0 saturated heterocycles. The minimum Gasteiger partial charge on any atom is -0.455 e. The second-order valence-electron chi connectivity index (χ2n) is 15.5. The maximum atomic E-state index is 6.75. The standard InChI is InChI=1S/C57H35N3OS/c1-4-15-36(16-5-1)37-29-31-39(32-30-37)44-23-12-24-45-52-46(25-13-27-49(52)61-54(44)45)56-58-55(40-19-8-3-9-20-40)59-57(60-56)47-26-14-28-51-53(47)48-35-41(33-34-50(48)62-51)43-22-11-10-21-42(43)38-17-6-2-7-18-38/h1-35H. The Morgan fingerprint density at radius 3 is 1.53 bits per heavy atom. The summed E-state index contributed by atoms with van der Waals surface area (Å²) >= 11 is 1.80. The lowest BCUT2D eigenvalue weighted by Gasteiger charge is -2.11. The van der Waals surface area contributed by atoms with Gasteiger partial charge in [-0.3, -0.25) is 0 Å². The number of nitrogens with zero attached hydrogens (tertiary/aromatic N) is 3. The van der Waals surface area contributed by atoms with Crippen LogP contribution in [0.3, 0.4) is 0 Å². The molecule has 0 aliphatic heterocycles. The van der Waals surface area contributed by atoms with E-state index in [1.54, 1.807) is 11.3 Å². The molecular formula is C57H35N3OS. The fourth-order valence-electron chi connectivity index (χ4n) is 8.85. The van der Waals surface area contributed by atoms with Crippen LogP contribution in [0.25, 0.3) is 121 Å². The highest BCUT2D eigenvalue weighted by molar-refractivity contribution is 7.26. The highest BCUT2D eigenvalue weighted by Crippen LogP contribution is 2.44. The molecule has 0 aliphatic carbocycles. The predicted octanol–water partition coefficient (Wildman–Crippen LogP) is 15.8. The van der Waals surface area contributed by atoms with Crippen molar-refractivity contribution in [2.75, 3.05) is 0 Å². The van der Waals surface area contributed by atoms with Gasteiger partial charge in [0.15, 0.2) is 17.5 Å². The predicted molar refractivity (Wildman–Crippen MR) is 258 cm³/mol. The number of aromatic nitrogens is 3. The zero-order chi connectivity index (χ0) is 41.0. The molecule has 0 aliphatic rings. The second kappa shape index (κ2) is 14.9. The molecule has 0 N–H and O–H groups in total. The summed E-state index contributed by atoms with van der Waals surface area (Å²) in [6.07, 6.45) is 0. The summed E-state index contributed by atoms with van der Waals surface area (Å²) in [5, 5.41) is 4.30. The number of hydrogen-bond donors (Lipinski definition) is 0. The second-order valence-corrected chi connectivity index (χ2v) is 16.6. The molecule has 0 spiro atoms. The van der Waals surface area contributed by atoms with E-state index in [1.807, 2.05) is 36.4 Å². The van der Waals surface area contributed by atoms with E-state index in [0.29, 0.717) is 17.5 Å². The van der Waals surface area contributed by atoms with Crippen molar-refractivity contribution >= 4 is 53.4 Å². The Morgan fingerprint density at radius 1 is 0.306 bits per heavy atom. The lowest BCUT2D eigenvalue weighted by atomic mass is 9.93. The fourth-order valence-corrected chi connectivity index (χ4v) is 9.96. The van der Waals surface area contributed by atoms with Crippen LogP contribution in [0.1, 0.15) is 0 Å². The molecule has 4 nitrogen and oxygen atoms in total.